The van der Waals surface area contributed by atoms with Crippen LogP contribution in [0.3, 0.4) is 0 Å². The third-order valence-corrected chi connectivity index (χ3v) is 8.05. The van der Waals surface area contributed by atoms with Crippen LogP contribution in [0.25, 0.3) is 11.2 Å². The van der Waals surface area contributed by atoms with Crippen LogP contribution in [-0.4, -0.2) is 62.5 Å². The van der Waals surface area contributed by atoms with E-state index < -0.39 is 44.3 Å². The van der Waals surface area contributed by atoms with Crippen molar-refractivity contribution < 1.29 is 37.0 Å². The molecule has 14 heteroatoms. The average Bonchev–Trinajstić information content (AvgIpc) is 3.63. The largest absolute Gasteiger partial charge is 0.340 e. The van der Waals surface area contributed by atoms with Crippen LogP contribution >= 0.6 is 7.60 Å². The van der Waals surface area contributed by atoms with Gasteiger partial charge in [-0.25, -0.2) is 19.3 Å². The molecule has 0 bridgehead atoms. The summed E-state index contributed by atoms with van der Waals surface area (Å²) in [5.41, 5.74) is 1.76. The van der Waals surface area contributed by atoms with Crippen LogP contribution in [-0.2, 0) is 34.4 Å². The van der Waals surface area contributed by atoms with Crippen LogP contribution in [0.1, 0.15) is 36.0 Å². The molecule has 0 radical (unpaired) electrons. The van der Waals surface area contributed by atoms with Gasteiger partial charge >= 0.3 is 7.60 Å². The number of benzene rings is 2. The standard InChI is InChI=1S/C28H29FN5O7P/c1-27(2)39-21-22(40-27)28(29,15-38-42(3,36)37-14-18-10-6-4-7-11-18)41-26(21)34-17-32-20-23(30-16-31-24(20)34)33-25(35)19-12-8-5-9-13-19/h4-13,16-17,21-22,26H,14-15H2,1-3H3,(H,30,31,33,35)/t21?,22-,26-,28-,42?/m1/s1. The molecule has 5 atom stereocenters. The number of hydrogen-bond donors (Lipinski definition) is 1. The minimum absolute atomic E-state index is 0.0277. The van der Waals surface area contributed by atoms with E-state index in [1.54, 1.807) is 44.2 Å². The van der Waals surface area contributed by atoms with Crippen molar-refractivity contribution in [3.05, 3.63) is 84.4 Å². The number of hydrogen-bond acceptors (Lipinski definition) is 10. The van der Waals surface area contributed by atoms with E-state index in [4.69, 9.17) is 23.3 Å². The summed E-state index contributed by atoms with van der Waals surface area (Å²) < 4.78 is 59.8. The zero-order chi connectivity index (χ0) is 29.5. The van der Waals surface area contributed by atoms with Gasteiger partial charge in [-0.05, 0) is 31.5 Å². The molecule has 4 heterocycles. The Morgan fingerprint density at radius 1 is 1.02 bits per heavy atom. The van der Waals surface area contributed by atoms with E-state index in [0.29, 0.717) is 5.56 Å². The van der Waals surface area contributed by atoms with E-state index in [1.807, 2.05) is 30.3 Å². The minimum atomic E-state index is -3.68. The van der Waals surface area contributed by atoms with Gasteiger partial charge in [-0.2, -0.15) is 0 Å². The van der Waals surface area contributed by atoms with Gasteiger partial charge in [-0.15, -0.1) is 0 Å². The predicted molar refractivity (Wildman–Crippen MR) is 148 cm³/mol. The smallest absolute Gasteiger partial charge is 0.328 e. The van der Waals surface area contributed by atoms with Crippen molar-refractivity contribution in [3.8, 4) is 0 Å². The fraction of sp³-hybridized carbons (Fsp3) is 0.357. The second-order valence-electron chi connectivity index (χ2n) is 10.5. The van der Waals surface area contributed by atoms with Crippen molar-refractivity contribution >= 4 is 30.5 Å². The van der Waals surface area contributed by atoms with Gasteiger partial charge in [0.25, 0.3) is 11.8 Å². The topological polar surface area (TPSA) is 136 Å². The molecule has 0 aliphatic carbocycles. The number of anilines is 1. The summed E-state index contributed by atoms with van der Waals surface area (Å²) in [6.07, 6.45) is -0.613. The lowest BCUT2D eigenvalue weighted by molar-refractivity contribution is -0.262. The molecule has 42 heavy (non-hydrogen) atoms. The van der Waals surface area contributed by atoms with Crippen LogP contribution < -0.4 is 5.32 Å². The minimum Gasteiger partial charge on any atom is -0.340 e. The summed E-state index contributed by atoms with van der Waals surface area (Å²) in [5, 5.41) is 2.74. The lowest BCUT2D eigenvalue weighted by atomic mass is 10.1. The highest BCUT2D eigenvalue weighted by molar-refractivity contribution is 7.52. The van der Waals surface area contributed by atoms with E-state index >= 15 is 4.39 Å². The Morgan fingerprint density at radius 2 is 1.74 bits per heavy atom. The SMILES string of the molecule is CC1(C)OC2[C@H](n3cnc4c(NC(=O)c5ccccc5)ncnc43)O[C@](F)(COP(C)(=O)OCc3ccccc3)[C@@H]2O1. The van der Waals surface area contributed by atoms with E-state index in [0.717, 1.165) is 5.56 Å². The third-order valence-electron chi connectivity index (χ3n) is 6.86. The van der Waals surface area contributed by atoms with Crippen molar-refractivity contribution in [1.29, 1.82) is 0 Å². The maximum Gasteiger partial charge on any atom is 0.328 e. The molecule has 0 spiro atoms. The maximum absolute atomic E-state index is 16.5. The summed E-state index contributed by atoms with van der Waals surface area (Å²) in [6, 6.07) is 17.8. The first kappa shape index (κ1) is 28.5. The number of fused-ring (bicyclic) bond motifs is 2. The van der Waals surface area contributed by atoms with Gasteiger partial charge < -0.3 is 28.6 Å². The van der Waals surface area contributed by atoms with Crippen LogP contribution in [0, 0.1) is 0 Å². The highest BCUT2D eigenvalue weighted by Gasteiger charge is 2.65. The number of alkyl halides is 1. The molecule has 2 aromatic carbocycles. The van der Waals surface area contributed by atoms with Gasteiger partial charge in [0.1, 0.15) is 19.0 Å². The predicted octanol–water partition coefficient (Wildman–Crippen LogP) is 4.85. The fourth-order valence-electron chi connectivity index (χ4n) is 4.90. The Hall–Kier alpha value is -3.58. The summed E-state index contributed by atoms with van der Waals surface area (Å²) in [5.74, 6) is -3.91. The first-order valence-electron chi connectivity index (χ1n) is 13.2. The molecule has 2 unspecified atom stereocenters. The molecule has 0 saturated carbocycles. The maximum atomic E-state index is 16.5. The second-order valence-corrected chi connectivity index (χ2v) is 12.5. The molecular weight excluding hydrogens is 568 g/mol. The van der Waals surface area contributed by atoms with Gasteiger partial charge in [-0.1, -0.05) is 48.5 Å². The molecule has 2 aromatic heterocycles. The van der Waals surface area contributed by atoms with Crippen LogP contribution in [0.15, 0.2) is 73.3 Å². The Kier molecular flexibility index (Phi) is 7.42. The molecule has 2 aliphatic rings. The van der Waals surface area contributed by atoms with Gasteiger partial charge in [0.05, 0.1) is 12.9 Å². The lowest BCUT2D eigenvalue weighted by Gasteiger charge is -2.29. The summed E-state index contributed by atoms with van der Waals surface area (Å²) >= 11 is 0. The molecule has 2 aliphatic heterocycles. The number of rotatable bonds is 9. The normalized spacial score (nSPS) is 26.1. The molecule has 1 N–H and O–H groups in total. The Bertz CT molecular complexity index is 1640. The lowest BCUT2D eigenvalue weighted by Crippen LogP contribution is -2.43. The molecule has 4 aromatic rings. The van der Waals surface area contributed by atoms with Crippen LogP contribution in [0.2, 0.25) is 0 Å². The number of halogens is 1. The van der Waals surface area contributed by atoms with Crippen molar-refractivity contribution in [2.45, 2.75) is 50.5 Å². The first-order valence-corrected chi connectivity index (χ1v) is 15.2. The van der Waals surface area contributed by atoms with Crippen LogP contribution in [0.5, 0.6) is 0 Å². The first-order chi connectivity index (χ1) is 20.0. The number of ether oxygens (including phenoxy) is 3. The number of nitrogens with one attached hydrogen (secondary N) is 1. The van der Waals surface area contributed by atoms with Gasteiger partial charge in [-0.3, -0.25) is 13.9 Å². The van der Waals surface area contributed by atoms with E-state index in [2.05, 4.69) is 20.3 Å². The van der Waals surface area contributed by atoms with Gasteiger partial charge in [0.2, 0.25) is 0 Å². The molecule has 6 rings (SSSR count). The quantitative estimate of drug-likeness (QED) is 0.267. The Morgan fingerprint density at radius 3 is 2.48 bits per heavy atom. The van der Waals surface area contributed by atoms with Crippen molar-refractivity contribution in [2.24, 2.45) is 0 Å². The average molecular weight is 598 g/mol. The zero-order valence-electron chi connectivity index (χ0n) is 23.0. The molecule has 12 nitrogen and oxygen atoms in total. The highest BCUT2D eigenvalue weighted by Crippen LogP contribution is 2.52. The Balaban J connectivity index is 1.23. The number of carbonyl (C=O) groups is 1. The van der Waals surface area contributed by atoms with E-state index in [-0.39, 0.29) is 29.5 Å². The monoisotopic (exact) mass is 597 g/mol. The molecule has 220 valence electrons. The molecule has 2 fully saturated rings. The van der Waals surface area contributed by atoms with E-state index in [1.165, 1.54) is 23.9 Å². The fourth-order valence-corrected chi connectivity index (χ4v) is 5.77. The van der Waals surface area contributed by atoms with Gasteiger partial charge in [0.15, 0.2) is 35.1 Å². The van der Waals surface area contributed by atoms with Crippen molar-refractivity contribution in [1.82, 2.24) is 19.5 Å². The number of carbonyl (C=O) groups excluding carboxylic acids is 1. The van der Waals surface area contributed by atoms with E-state index in [9.17, 15) is 9.36 Å². The van der Waals surface area contributed by atoms with Gasteiger partial charge in [0, 0.05) is 12.2 Å². The summed E-state index contributed by atoms with van der Waals surface area (Å²) in [4.78, 5) is 25.6. The number of imidazole rings is 1. The van der Waals surface area contributed by atoms with Crippen LogP contribution in [0.4, 0.5) is 10.2 Å². The zero-order valence-corrected chi connectivity index (χ0v) is 23.9. The molecular formula is C28H29FN5O7P. The second kappa shape index (κ2) is 10.9. The number of aromatic nitrogens is 4. The Labute approximate surface area is 240 Å². The summed E-state index contributed by atoms with van der Waals surface area (Å²) in [6.45, 7) is 3.86. The highest BCUT2D eigenvalue weighted by atomic mass is 31.2. The van der Waals surface area contributed by atoms with Crippen molar-refractivity contribution in [3.63, 3.8) is 0 Å². The number of amides is 1. The third kappa shape index (κ3) is 5.71. The van der Waals surface area contributed by atoms with Crippen molar-refractivity contribution in [2.75, 3.05) is 18.6 Å². The molecule has 1 amide bonds. The summed E-state index contributed by atoms with van der Waals surface area (Å²) in [7, 11) is -3.68. The number of nitrogens with zero attached hydrogens (tertiary/aromatic N) is 4. The molecule has 2 saturated heterocycles.